The molecule has 0 spiro atoms. The van der Waals surface area contributed by atoms with Gasteiger partial charge in [0.25, 0.3) is 5.91 Å². The van der Waals surface area contributed by atoms with Gasteiger partial charge >= 0.3 is 0 Å². The molecule has 1 aromatic heterocycles. The number of nitrogens with zero attached hydrogens (tertiary/aromatic N) is 2. The van der Waals surface area contributed by atoms with E-state index in [4.69, 9.17) is 11.6 Å². The van der Waals surface area contributed by atoms with Crippen molar-refractivity contribution in [2.24, 2.45) is 0 Å². The lowest BCUT2D eigenvalue weighted by Crippen LogP contribution is -2.29. The second-order valence-corrected chi connectivity index (χ2v) is 6.92. The van der Waals surface area contributed by atoms with Crippen LogP contribution in [0.3, 0.4) is 0 Å². The predicted molar refractivity (Wildman–Crippen MR) is 105 cm³/mol. The van der Waals surface area contributed by atoms with Crippen molar-refractivity contribution in [3.8, 4) is 0 Å². The Hall–Kier alpha value is -2.99. The quantitative estimate of drug-likeness (QED) is 0.683. The molecule has 0 fully saturated rings. The van der Waals surface area contributed by atoms with Crippen molar-refractivity contribution in [1.29, 1.82) is 0 Å². The summed E-state index contributed by atoms with van der Waals surface area (Å²) in [6.07, 6.45) is 2.31. The second kappa shape index (κ2) is 7.56. The van der Waals surface area contributed by atoms with Gasteiger partial charge in [0, 0.05) is 30.0 Å². The van der Waals surface area contributed by atoms with Crippen molar-refractivity contribution in [2.45, 2.75) is 13.0 Å². The number of nitrogens with one attached hydrogen (secondary N) is 1. The molecule has 1 N–H and O–H groups in total. The average Bonchev–Trinajstić information content (AvgIpc) is 3.11. The lowest BCUT2D eigenvalue weighted by molar-refractivity contribution is 0.0990. The fraction of sp³-hybridized carbons (Fsp3) is 0.143. The van der Waals surface area contributed by atoms with Gasteiger partial charge in [0.1, 0.15) is 5.82 Å². The first-order valence-corrected chi connectivity index (χ1v) is 9.14. The maximum atomic E-state index is 13.4. The van der Waals surface area contributed by atoms with Gasteiger partial charge in [-0.15, -0.1) is 0 Å². The zero-order valence-corrected chi connectivity index (χ0v) is 15.5. The van der Waals surface area contributed by atoms with E-state index < -0.39 is 11.6 Å². The molecule has 0 aliphatic carbocycles. The summed E-state index contributed by atoms with van der Waals surface area (Å²) in [4.78, 5) is 19.1. The largest absolute Gasteiger partial charge is 0.365 e. The molecule has 1 amide bonds. The van der Waals surface area contributed by atoms with Gasteiger partial charge in [-0.05, 0) is 60.0 Å². The number of rotatable bonds is 4. The highest BCUT2D eigenvalue weighted by molar-refractivity contribution is 6.30. The van der Waals surface area contributed by atoms with Crippen LogP contribution >= 0.6 is 11.6 Å². The number of hydrogen-bond donors (Lipinski definition) is 1. The van der Waals surface area contributed by atoms with E-state index in [0.717, 1.165) is 29.8 Å². The molecule has 4 nitrogen and oxygen atoms in total. The van der Waals surface area contributed by atoms with Gasteiger partial charge in [0.05, 0.1) is 5.56 Å². The Kier molecular flexibility index (Phi) is 4.96. The summed E-state index contributed by atoms with van der Waals surface area (Å²) in [7, 11) is 0. The second-order valence-electron chi connectivity index (χ2n) is 6.48. The highest BCUT2D eigenvalue weighted by atomic mass is 35.5. The van der Waals surface area contributed by atoms with Gasteiger partial charge in [-0.1, -0.05) is 17.7 Å². The molecule has 2 heterocycles. The van der Waals surface area contributed by atoms with Crippen molar-refractivity contribution in [2.75, 3.05) is 16.8 Å². The van der Waals surface area contributed by atoms with E-state index in [-0.39, 0.29) is 12.5 Å². The van der Waals surface area contributed by atoms with E-state index in [2.05, 4.69) is 10.3 Å². The van der Waals surface area contributed by atoms with E-state index in [1.54, 1.807) is 29.3 Å². The minimum absolute atomic E-state index is 0.179. The topological polar surface area (TPSA) is 45.2 Å². The normalized spacial score (nSPS) is 12.8. The lowest BCUT2D eigenvalue weighted by Gasteiger charge is -2.19. The highest BCUT2D eigenvalue weighted by Crippen LogP contribution is 2.32. The maximum absolute atomic E-state index is 13.4. The van der Waals surface area contributed by atoms with E-state index >= 15 is 0 Å². The first-order chi connectivity index (χ1) is 13.5. The Bertz CT molecular complexity index is 1060. The average molecular weight is 400 g/mol. The minimum atomic E-state index is -0.913. The van der Waals surface area contributed by atoms with Crippen LogP contribution in [0.4, 0.5) is 20.3 Å². The van der Waals surface area contributed by atoms with Gasteiger partial charge in [0.15, 0.2) is 11.6 Å². The van der Waals surface area contributed by atoms with Crippen LogP contribution in [0.2, 0.25) is 5.02 Å². The molecule has 1 aliphatic rings. The molecule has 142 valence electrons. The monoisotopic (exact) mass is 399 g/mol. The number of carbonyl (C=O) groups is 1. The summed E-state index contributed by atoms with van der Waals surface area (Å²) in [6, 6.07) is 12.5. The van der Waals surface area contributed by atoms with Gasteiger partial charge in [-0.2, -0.15) is 0 Å². The number of aromatic nitrogens is 1. The van der Waals surface area contributed by atoms with Gasteiger partial charge in [0.2, 0.25) is 0 Å². The number of hydrogen-bond acceptors (Lipinski definition) is 3. The predicted octanol–water partition coefficient (Wildman–Crippen LogP) is 4.83. The number of anilines is 2. The van der Waals surface area contributed by atoms with Crippen molar-refractivity contribution in [3.63, 3.8) is 0 Å². The molecule has 4 rings (SSSR count). The molecule has 0 unspecified atom stereocenters. The maximum Gasteiger partial charge on any atom is 0.262 e. The van der Waals surface area contributed by atoms with Crippen molar-refractivity contribution in [3.05, 3.63) is 88.1 Å². The van der Waals surface area contributed by atoms with Gasteiger partial charge < -0.3 is 10.2 Å². The molecular formula is C21H16ClF2N3O. The summed E-state index contributed by atoms with van der Waals surface area (Å²) < 4.78 is 26.5. The number of benzene rings is 2. The summed E-state index contributed by atoms with van der Waals surface area (Å²) in [5.74, 6) is -1.60. The molecule has 7 heteroatoms. The fourth-order valence-electron chi connectivity index (χ4n) is 3.28. The molecule has 0 saturated heterocycles. The molecule has 0 radical (unpaired) electrons. The molecule has 0 atom stereocenters. The van der Waals surface area contributed by atoms with E-state index in [1.807, 2.05) is 12.1 Å². The molecular weight excluding hydrogens is 384 g/mol. The Balaban J connectivity index is 1.56. The van der Waals surface area contributed by atoms with E-state index in [0.29, 0.717) is 28.5 Å². The minimum Gasteiger partial charge on any atom is -0.365 e. The van der Waals surface area contributed by atoms with Gasteiger partial charge in [-0.25, -0.2) is 13.8 Å². The van der Waals surface area contributed by atoms with Crippen LogP contribution in [0.15, 0.2) is 54.7 Å². The first-order valence-electron chi connectivity index (χ1n) is 8.76. The third-order valence-corrected chi connectivity index (χ3v) is 4.90. The summed E-state index contributed by atoms with van der Waals surface area (Å²) in [6.45, 7) is 0.771. The number of amides is 1. The molecule has 2 aromatic carbocycles. The summed E-state index contributed by atoms with van der Waals surface area (Å²) in [5, 5.41) is 3.69. The van der Waals surface area contributed by atoms with Crippen LogP contribution in [0.5, 0.6) is 0 Å². The fourth-order valence-corrected chi connectivity index (χ4v) is 3.48. The Morgan fingerprint density at radius 1 is 1.14 bits per heavy atom. The number of pyridine rings is 1. The first kappa shape index (κ1) is 18.4. The Labute approximate surface area is 165 Å². The third kappa shape index (κ3) is 3.55. The van der Waals surface area contributed by atoms with Crippen LogP contribution in [0.1, 0.15) is 21.5 Å². The zero-order valence-electron chi connectivity index (χ0n) is 14.8. The summed E-state index contributed by atoms with van der Waals surface area (Å²) >= 11 is 6.04. The number of carbonyl (C=O) groups excluding carboxylic acids is 1. The van der Waals surface area contributed by atoms with Crippen LogP contribution in [-0.4, -0.2) is 17.4 Å². The third-order valence-electron chi connectivity index (χ3n) is 4.66. The summed E-state index contributed by atoms with van der Waals surface area (Å²) in [5.41, 5.74) is 2.82. The SMILES string of the molecule is O=C(c1cccnc1NCc1ccc(F)c(F)c1)N1CCc2cc(Cl)ccc21. The standard InChI is InChI=1S/C21H16ClF2N3O/c22-15-4-6-19-14(11-15)7-9-27(19)21(28)16-2-1-8-25-20(16)26-12-13-3-5-17(23)18(24)10-13/h1-6,8,10-11H,7,9,12H2,(H,25,26). The molecule has 1 aliphatic heterocycles. The molecule has 28 heavy (non-hydrogen) atoms. The Morgan fingerprint density at radius 3 is 2.82 bits per heavy atom. The zero-order chi connectivity index (χ0) is 19.7. The van der Waals surface area contributed by atoms with Crippen LogP contribution in [0, 0.1) is 11.6 Å². The smallest absolute Gasteiger partial charge is 0.262 e. The van der Waals surface area contributed by atoms with Crippen molar-refractivity contribution >= 4 is 29.0 Å². The number of fused-ring (bicyclic) bond motifs is 1. The van der Waals surface area contributed by atoms with Crippen molar-refractivity contribution < 1.29 is 13.6 Å². The van der Waals surface area contributed by atoms with Crippen LogP contribution in [-0.2, 0) is 13.0 Å². The molecule has 0 saturated carbocycles. The lowest BCUT2D eigenvalue weighted by atomic mass is 10.1. The molecule has 0 bridgehead atoms. The highest BCUT2D eigenvalue weighted by Gasteiger charge is 2.27. The Morgan fingerprint density at radius 2 is 2.00 bits per heavy atom. The van der Waals surface area contributed by atoms with Crippen LogP contribution in [0.25, 0.3) is 0 Å². The van der Waals surface area contributed by atoms with E-state index in [9.17, 15) is 13.6 Å². The number of halogens is 3. The van der Waals surface area contributed by atoms with Crippen LogP contribution < -0.4 is 10.2 Å². The van der Waals surface area contributed by atoms with Crippen molar-refractivity contribution in [1.82, 2.24) is 4.98 Å². The molecule has 3 aromatic rings. The van der Waals surface area contributed by atoms with Gasteiger partial charge in [-0.3, -0.25) is 4.79 Å². The van der Waals surface area contributed by atoms with E-state index in [1.165, 1.54) is 6.07 Å².